The Hall–Kier alpha value is -2.15. The summed E-state index contributed by atoms with van der Waals surface area (Å²) in [6.07, 6.45) is 0.137. The third-order valence-corrected chi connectivity index (χ3v) is 3.06. The molecule has 20 heavy (non-hydrogen) atoms. The molecule has 0 saturated heterocycles. The number of aliphatic carboxylic acids is 1. The van der Waals surface area contributed by atoms with Crippen molar-refractivity contribution in [3.05, 3.63) is 33.4 Å². The van der Waals surface area contributed by atoms with E-state index in [0.717, 1.165) is 0 Å². The predicted molar refractivity (Wildman–Crippen MR) is 72.9 cm³/mol. The van der Waals surface area contributed by atoms with Crippen LogP contribution in [-0.4, -0.2) is 28.1 Å². The summed E-state index contributed by atoms with van der Waals surface area (Å²) in [6.45, 7) is 4.85. The summed E-state index contributed by atoms with van der Waals surface area (Å²) in [5.41, 5.74) is 5.37. The van der Waals surface area contributed by atoms with E-state index in [0.29, 0.717) is 16.9 Å². The Morgan fingerprint density at radius 2 is 2.05 bits per heavy atom. The molecule has 1 aromatic rings. The van der Waals surface area contributed by atoms with E-state index >= 15 is 0 Å². The van der Waals surface area contributed by atoms with Crippen LogP contribution in [0.5, 0.6) is 5.75 Å². The molecule has 0 heterocycles. The Morgan fingerprint density at radius 3 is 2.55 bits per heavy atom. The van der Waals surface area contributed by atoms with E-state index in [1.165, 1.54) is 13.0 Å². The lowest BCUT2D eigenvalue weighted by Crippen LogP contribution is -2.45. The highest BCUT2D eigenvalue weighted by atomic mass is 16.6. The highest BCUT2D eigenvalue weighted by Crippen LogP contribution is 2.27. The normalized spacial score (nSPS) is 13.6. The molecule has 1 unspecified atom stereocenters. The molecule has 0 aromatic heterocycles. The van der Waals surface area contributed by atoms with E-state index in [4.69, 9.17) is 15.6 Å². The number of hydrogen-bond acceptors (Lipinski definition) is 5. The van der Waals surface area contributed by atoms with Gasteiger partial charge in [-0.05, 0) is 32.4 Å². The van der Waals surface area contributed by atoms with Crippen LogP contribution in [0.3, 0.4) is 0 Å². The third-order valence-electron chi connectivity index (χ3n) is 3.06. The topological polar surface area (TPSA) is 116 Å². The van der Waals surface area contributed by atoms with Crippen LogP contribution < -0.4 is 10.5 Å². The smallest absolute Gasteiger partial charge is 0.323 e. The fourth-order valence-electron chi connectivity index (χ4n) is 1.61. The van der Waals surface area contributed by atoms with Crippen molar-refractivity contribution in [3.63, 3.8) is 0 Å². The zero-order chi connectivity index (χ0) is 15.5. The molecule has 0 amide bonds. The zero-order valence-corrected chi connectivity index (χ0v) is 11.7. The molecule has 0 aliphatic heterocycles. The second-order valence-electron chi connectivity index (χ2n) is 4.98. The van der Waals surface area contributed by atoms with Crippen molar-refractivity contribution in [1.82, 2.24) is 0 Å². The van der Waals surface area contributed by atoms with Gasteiger partial charge in [-0.3, -0.25) is 14.9 Å². The van der Waals surface area contributed by atoms with Gasteiger partial charge in [0.05, 0.1) is 11.5 Å². The quantitative estimate of drug-likeness (QED) is 0.607. The molecule has 0 saturated carbocycles. The highest BCUT2D eigenvalue weighted by molar-refractivity contribution is 5.77. The number of carbonyl (C=O) groups is 1. The average Bonchev–Trinajstić information content (AvgIpc) is 2.32. The Kier molecular flexibility index (Phi) is 4.67. The summed E-state index contributed by atoms with van der Waals surface area (Å²) >= 11 is 0. The van der Waals surface area contributed by atoms with Crippen LogP contribution in [0.25, 0.3) is 0 Å². The van der Waals surface area contributed by atoms with Gasteiger partial charge in [-0.25, -0.2) is 0 Å². The summed E-state index contributed by atoms with van der Waals surface area (Å²) in [5, 5.41) is 19.7. The molecule has 0 bridgehead atoms. The van der Waals surface area contributed by atoms with Crippen LogP contribution in [0.2, 0.25) is 0 Å². The first kappa shape index (κ1) is 15.9. The maximum Gasteiger partial charge on any atom is 0.323 e. The Morgan fingerprint density at radius 1 is 1.45 bits per heavy atom. The molecular formula is C13H18N2O5. The van der Waals surface area contributed by atoms with Gasteiger partial charge in [-0.15, -0.1) is 0 Å². The number of benzene rings is 1. The van der Waals surface area contributed by atoms with E-state index in [2.05, 4.69) is 0 Å². The van der Waals surface area contributed by atoms with Gasteiger partial charge >= 0.3 is 5.97 Å². The fraction of sp³-hybridized carbons (Fsp3) is 0.462. The number of aryl methyl sites for hydroxylation is 2. The number of nitrogens with zero attached hydrogens (tertiary/aromatic N) is 1. The van der Waals surface area contributed by atoms with E-state index in [9.17, 15) is 14.9 Å². The molecule has 7 nitrogen and oxygen atoms in total. The number of rotatable bonds is 6. The van der Waals surface area contributed by atoms with Crippen molar-refractivity contribution >= 4 is 11.7 Å². The summed E-state index contributed by atoms with van der Waals surface area (Å²) in [4.78, 5) is 21.2. The molecule has 1 rings (SSSR count). The molecule has 3 N–H and O–H groups in total. The summed E-state index contributed by atoms with van der Waals surface area (Å²) in [7, 11) is 0. The lowest BCUT2D eigenvalue weighted by Gasteiger charge is -2.19. The molecule has 1 aromatic carbocycles. The second kappa shape index (κ2) is 5.87. The van der Waals surface area contributed by atoms with E-state index in [-0.39, 0.29) is 18.7 Å². The number of carboxylic acid groups (broad SMARTS) is 1. The molecule has 0 aliphatic carbocycles. The Bertz CT molecular complexity index is 540. The largest absolute Gasteiger partial charge is 0.493 e. The van der Waals surface area contributed by atoms with Crippen molar-refractivity contribution < 1.29 is 19.6 Å². The van der Waals surface area contributed by atoms with Crippen molar-refractivity contribution in [2.75, 3.05) is 6.61 Å². The lowest BCUT2D eigenvalue weighted by atomic mass is 10.0. The molecule has 0 spiro atoms. The van der Waals surface area contributed by atoms with Crippen LogP contribution in [0.15, 0.2) is 12.1 Å². The molecule has 0 fully saturated rings. The summed E-state index contributed by atoms with van der Waals surface area (Å²) in [6, 6.07) is 3.01. The third kappa shape index (κ3) is 3.67. The molecular weight excluding hydrogens is 264 g/mol. The second-order valence-corrected chi connectivity index (χ2v) is 4.98. The summed E-state index contributed by atoms with van der Waals surface area (Å²) < 4.78 is 5.47. The lowest BCUT2D eigenvalue weighted by molar-refractivity contribution is -0.385. The van der Waals surface area contributed by atoms with E-state index in [1.54, 1.807) is 19.9 Å². The van der Waals surface area contributed by atoms with Crippen LogP contribution in [0.1, 0.15) is 24.5 Å². The Labute approximate surface area is 116 Å². The van der Waals surface area contributed by atoms with E-state index < -0.39 is 16.4 Å². The number of hydrogen-bond donors (Lipinski definition) is 2. The van der Waals surface area contributed by atoms with Gasteiger partial charge in [0.15, 0.2) is 0 Å². The van der Waals surface area contributed by atoms with Gasteiger partial charge in [-0.1, -0.05) is 0 Å². The molecule has 1 atom stereocenters. The highest BCUT2D eigenvalue weighted by Gasteiger charge is 2.27. The SMILES string of the molecule is Cc1cc([N+](=O)[O-])c(C)cc1OCCC(C)(N)C(=O)O. The van der Waals surface area contributed by atoms with Gasteiger partial charge < -0.3 is 15.6 Å². The molecule has 110 valence electrons. The zero-order valence-electron chi connectivity index (χ0n) is 11.7. The molecule has 7 heteroatoms. The minimum Gasteiger partial charge on any atom is -0.493 e. The van der Waals surface area contributed by atoms with Crippen molar-refractivity contribution in [3.8, 4) is 5.75 Å². The number of nitrogens with two attached hydrogens (primary N) is 1. The average molecular weight is 282 g/mol. The van der Waals surface area contributed by atoms with Gasteiger partial charge in [0.2, 0.25) is 0 Å². The Balaban J connectivity index is 2.78. The standard InChI is InChI=1S/C13H18N2O5/c1-8-7-11(9(2)6-10(8)15(18)19)20-5-4-13(3,14)12(16)17/h6-7H,4-5,14H2,1-3H3,(H,16,17). The minimum atomic E-state index is -1.36. The minimum absolute atomic E-state index is 0.0315. The van der Waals surface area contributed by atoms with Crippen molar-refractivity contribution in [2.45, 2.75) is 32.7 Å². The number of nitro benzene ring substituents is 1. The first-order valence-electron chi connectivity index (χ1n) is 6.06. The van der Waals surface area contributed by atoms with Gasteiger partial charge in [0, 0.05) is 18.1 Å². The van der Waals surface area contributed by atoms with Crippen LogP contribution in [0, 0.1) is 24.0 Å². The number of carboxylic acids is 1. The fourth-order valence-corrected chi connectivity index (χ4v) is 1.61. The maximum atomic E-state index is 10.8. The van der Waals surface area contributed by atoms with Gasteiger partial charge in [-0.2, -0.15) is 0 Å². The van der Waals surface area contributed by atoms with Crippen molar-refractivity contribution in [1.29, 1.82) is 0 Å². The monoisotopic (exact) mass is 282 g/mol. The van der Waals surface area contributed by atoms with Crippen LogP contribution in [-0.2, 0) is 4.79 Å². The predicted octanol–water partition coefficient (Wildman–Crippen LogP) is 1.78. The molecule has 0 radical (unpaired) electrons. The van der Waals surface area contributed by atoms with Gasteiger partial charge in [0.25, 0.3) is 5.69 Å². The first-order valence-corrected chi connectivity index (χ1v) is 6.06. The number of ether oxygens (including phenoxy) is 1. The first-order chi connectivity index (χ1) is 9.15. The van der Waals surface area contributed by atoms with Gasteiger partial charge in [0.1, 0.15) is 11.3 Å². The van der Waals surface area contributed by atoms with E-state index in [1.807, 2.05) is 0 Å². The van der Waals surface area contributed by atoms with Crippen LogP contribution in [0.4, 0.5) is 5.69 Å². The summed E-state index contributed by atoms with van der Waals surface area (Å²) in [5.74, 6) is -0.605. The number of nitro groups is 1. The van der Waals surface area contributed by atoms with Crippen molar-refractivity contribution in [2.24, 2.45) is 5.73 Å². The van der Waals surface area contributed by atoms with Crippen LogP contribution >= 0.6 is 0 Å². The molecule has 0 aliphatic rings. The maximum absolute atomic E-state index is 10.8.